The first kappa shape index (κ1) is 82.4. The van der Waals surface area contributed by atoms with Crippen LogP contribution >= 0.6 is 95.6 Å². The topological polar surface area (TPSA) is 314 Å². The second kappa shape index (κ2) is 36.3. The van der Waals surface area contributed by atoms with Crippen molar-refractivity contribution in [1.82, 2.24) is 26.6 Å². The zero-order valence-electron chi connectivity index (χ0n) is 52.0. The number of hydrogen-bond acceptors (Lipinski definition) is 20. The summed E-state index contributed by atoms with van der Waals surface area (Å²) < 4.78 is 44.5. The molecule has 0 saturated heterocycles. The molecule has 0 atom stereocenters. The van der Waals surface area contributed by atoms with Gasteiger partial charge in [0, 0.05) is 57.6 Å². The lowest BCUT2D eigenvalue weighted by atomic mass is 9.77. The molecule has 0 aromatic carbocycles. The third-order valence-electron chi connectivity index (χ3n) is 11.8. The lowest BCUT2D eigenvalue weighted by Gasteiger charge is -2.40. The van der Waals surface area contributed by atoms with Crippen LogP contribution in [0.1, 0.15) is 123 Å². The van der Waals surface area contributed by atoms with E-state index >= 15 is 0 Å². The third kappa shape index (κ3) is 34.8. The summed E-state index contributed by atoms with van der Waals surface area (Å²) in [6.45, 7) is 20.6. The average molecular weight is 1610 g/mol. The number of esters is 6. The number of carbonyl (C=O) groups excluding carboxylic acids is 10. The summed E-state index contributed by atoms with van der Waals surface area (Å²) in [7, 11) is 1.72. The Balaban J connectivity index is 6.03. The molecule has 0 rings (SSSR count). The maximum absolute atomic E-state index is 13.4. The van der Waals surface area contributed by atoms with E-state index in [9.17, 15) is 47.9 Å². The van der Waals surface area contributed by atoms with Crippen LogP contribution in [-0.2, 0) is 90.6 Å². The van der Waals surface area contributed by atoms with Crippen LogP contribution < -0.4 is 26.6 Å². The number of halogens is 6. The van der Waals surface area contributed by atoms with Gasteiger partial charge in [0.2, 0.25) is 23.6 Å². The average Bonchev–Trinajstić information content (AvgIpc) is 3.50. The van der Waals surface area contributed by atoms with Crippen molar-refractivity contribution in [2.45, 2.75) is 155 Å². The van der Waals surface area contributed by atoms with Gasteiger partial charge in [0.25, 0.3) is 0 Å². The van der Waals surface area contributed by atoms with E-state index in [0.29, 0.717) is 19.6 Å². The SMILES string of the molecule is CCOC(C)(C)CC(CNC)(CNC(=O)CCNC(=O)COCC(COC(=O)C(C)(C)Br)(COC(=O)C(C)(C)Br)COC(=O)C(C)(C)Br)CNC(=O)CCNC(=O)COCC(COC(=O)C(C)(C)Br)(COC(=O)C(C)(C)Br)COC(=O)C(C)(C)Br. The summed E-state index contributed by atoms with van der Waals surface area (Å²) in [6, 6.07) is 0. The van der Waals surface area contributed by atoms with E-state index in [0.717, 1.165) is 0 Å². The minimum Gasteiger partial charge on any atom is -0.464 e. The number of hydrogen-bond donors (Lipinski definition) is 5. The number of carbonyl (C=O) groups is 10. The molecule has 0 aliphatic heterocycles. The van der Waals surface area contributed by atoms with Gasteiger partial charge in [-0.2, -0.15) is 0 Å². The first-order chi connectivity index (χ1) is 38.6. The smallest absolute Gasteiger partial charge is 0.322 e. The second-order valence-corrected chi connectivity index (χ2v) is 36.3. The van der Waals surface area contributed by atoms with Crippen molar-refractivity contribution in [2.75, 3.05) is 112 Å². The molecule has 4 amide bonds. The molecule has 0 fully saturated rings. The highest BCUT2D eigenvalue weighted by molar-refractivity contribution is 9.11. The molecule has 0 spiro atoms. The molecule has 0 unspecified atom stereocenters. The van der Waals surface area contributed by atoms with Crippen molar-refractivity contribution >= 4 is 155 Å². The Morgan fingerprint density at radius 3 is 0.835 bits per heavy atom. The van der Waals surface area contributed by atoms with E-state index in [2.05, 4.69) is 122 Å². The van der Waals surface area contributed by atoms with E-state index in [1.807, 2.05) is 20.8 Å². The van der Waals surface area contributed by atoms with Gasteiger partial charge in [-0.1, -0.05) is 95.6 Å². The van der Waals surface area contributed by atoms with Crippen LogP contribution in [0.15, 0.2) is 0 Å². The summed E-state index contributed by atoms with van der Waals surface area (Å²) in [5, 5.41) is 14.3. The fourth-order valence-electron chi connectivity index (χ4n) is 7.14. The Bertz CT molecular complexity index is 1950. The molecule has 0 aliphatic carbocycles. The lowest BCUT2D eigenvalue weighted by molar-refractivity contribution is -0.172. The van der Waals surface area contributed by atoms with Crippen LogP contribution in [0.3, 0.4) is 0 Å². The lowest BCUT2D eigenvalue weighted by Crippen LogP contribution is -2.53. The van der Waals surface area contributed by atoms with Gasteiger partial charge < -0.3 is 69.2 Å². The van der Waals surface area contributed by atoms with Crippen molar-refractivity contribution < 1.29 is 90.6 Å². The Morgan fingerprint density at radius 1 is 0.353 bits per heavy atom. The van der Waals surface area contributed by atoms with Crippen LogP contribution in [0.25, 0.3) is 0 Å². The minimum absolute atomic E-state index is 0.0654. The Kier molecular flexibility index (Phi) is 35.2. The van der Waals surface area contributed by atoms with Crippen LogP contribution in [0.4, 0.5) is 0 Å². The molecule has 5 N–H and O–H groups in total. The molecule has 492 valence electrons. The van der Waals surface area contributed by atoms with Crippen LogP contribution in [0.2, 0.25) is 0 Å². The molecule has 85 heavy (non-hydrogen) atoms. The maximum Gasteiger partial charge on any atom is 0.322 e. The number of alkyl halides is 6. The Hall–Kier alpha value is -2.58. The molecule has 24 nitrogen and oxygen atoms in total. The highest BCUT2D eigenvalue weighted by Gasteiger charge is 2.44. The largest absolute Gasteiger partial charge is 0.464 e. The van der Waals surface area contributed by atoms with Gasteiger partial charge in [0.15, 0.2) is 0 Å². The van der Waals surface area contributed by atoms with Gasteiger partial charge in [-0.05, 0) is 117 Å². The number of amides is 4. The predicted octanol–water partition coefficient (Wildman–Crippen LogP) is 5.95. The zero-order valence-corrected chi connectivity index (χ0v) is 61.5. The summed E-state index contributed by atoms with van der Waals surface area (Å²) >= 11 is 19.6. The van der Waals surface area contributed by atoms with Crippen molar-refractivity contribution in [3.8, 4) is 0 Å². The number of ether oxygens (including phenoxy) is 9. The van der Waals surface area contributed by atoms with Gasteiger partial charge in [-0.15, -0.1) is 0 Å². The molecule has 0 aromatic heterocycles. The molecule has 0 aliphatic rings. The monoisotopic (exact) mass is 1600 g/mol. The molecular formula is C55H91Br6N5O19. The van der Waals surface area contributed by atoms with Crippen LogP contribution in [0, 0.1) is 16.2 Å². The van der Waals surface area contributed by atoms with Crippen molar-refractivity contribution in [1.29, 1.82) is 0 Å². The van der Waals surface area contributed by atoms with Gasteiger partial charge in [-0.25, -0.2) is 0 Å². The van der Waals surface area contributed by atoms with Gasteiger partial charge in [0.05, 0.1) is 29.6 Å². The zero-order chi connectivity index (χ0) is 66.1. The van der Waals surface area contributed by atoms with Crippen LogP contribution in [0.5, 0.6) is 0 Å². The first-order valence-electron chi connectivity index (χ1n) is 27.3. The quantitative estimate of drug-likeness (QED) is 0.0268. The van der Waals surface area contributed by atoms with E-state index in [1.165, 1.54) is 0 Å². The molecule has 0 saturated carbocycles. The maximum atomic E-state index is 13.4. The van der Waals surface area contributed by atoms with E-state index in [-0.39, 0.29) is 52.2 Å². The van der Waals surface area contributed by atoms with E-state index < -0.39 is 160 Å². The van der Waals surface area contributed by atoms with Gasteiger partial charge >= 0.3 is 35.8 Å². The molecule has 0 aromatic rings. The second-order valence-electron chi connectivity index (χ2n) is 24.4. The normalized spacial score (nSPS) is 13.0. The first-order valence-corrected chi connectivity index (χ1v) is 32.0. The molecule has 0 heterocycles. The summed E-state index contributed by atoms with van der Waals surface area (Å²) in [5.74, 6) is -6.12. The molecule has 0 bridgehead atoms. The van der Waals surface area contributed by atoms with Crippen molar-refractivity contribution in [2.24, 2.45) is 16.2 Å². The van der Waals surface area contributed by atoms with Crippen molar-refractivity contribution in [3.63, 3.8) is 0 Å². The summed E-state index contributed by atoms with van der Waals surface area (Å²) in [4.78, 5) is 130. The van der Waals surface area contributed by atoms with Gasteiger partial charge in [-0.3, -0.25) is 47.9 Å². The van der Waals surface area contributed by atoms with Crippen LogP contribution in [-0.4, -0.2) is 203 Å². The Labute approximate surface area is 551 Å². The fourth-order valence-corrected chi connectivity index (χ4v) is 7.83. The van der Waals surface area contributed by atoms with E-state index in [1.54, 1.807) is 90.1 Å². The summed E-state index contributed by atoms with van der Waals surface area (Å²) in [6.07, 6.45) is 0.0575. The number of rotatable bonds is 42. The minimum atomic E-state index is -1.47. The molecular weight excluding hydrogens is 1510 g/mol. The standard InChI is InChI=1S/C55H91Br6N5O19/c1-17-85-46(2,3)24-53(25-62-16,26-65-36(67)18-20-63-38(69)22-77-28-54(30-79-40(71)47(4,5)56,31-80-41(72)48(6,7)57)32-81-42(73)49(8,9)58)27-66-37(68)19-21-64-39(70)23-78-29-55(33-82-43(74)50(10,11)59,34-83-44(75)51(12,13)60)35-84-45(76)52(14,15)61/h62H,17-35H2,1-16H3,(H,63,69)(H,64,70)(H,65,67)(H,66,68). The Morgan fingerprint density at radius 2 is 0.612 bits per heavy atom. The molecule has 0 radical (unpaired) electrons. The third-order valence-corrected chi connectivity index (χ3v) is 13.8. The predicted molar refractivity (Wildman–Crippen MR) is 338 cm³/mol. The van der Waals surface area contributed by atoms with E-state index in [4.69, 9.17) is 42.6 Å². The van der Waals surface area contributed by atoms with Gasteiger partial charge in [0.1, 0.15) is 78.8 Å². The highest BCUT2D eigenvalue weighted by Crippen LogP contribution is 2.32. The summed E-state index contributed by atoms with van der Waals surface area (Å²) in [5.41, 5.74) is -4.48. The number of nitrogens with one attached hydrogen (secondary N) is 5. The molecule has 30 heteroatoms. The highest BCUT2D eigenvalue weighted by atomic mass is 79.9. The van der Waals surface area contributed by atoms with Crippen molar-refractivity contribution in [3.05, 3.63) is 0 Å². The fraction of sp³-hybridized carbons (Fsp3) is 0.818.